The van der Waals surface area contributed by atoms with E-state index >= 15 is 0 Å². The molecular weight excluding hydrogens is 358 g/mol. The second-order valence-electron chi connectivity index (χ2n) is 5.01. The van der Waals surface area contributed by atoms with Crippen LogP contribution in [0.4, 0.5) is 8.78 Å². The molecule has 0 saturated carbocycles. The van der Waals surface area contributed by atoms with Crippen LogP contribution >= 0.6 is 0 Å². The Morgan fingerprint density at radius 3 is 2.44 bits per heavy atom. The maximum atomic E-state index is 13.8. The van der Waals surface area contributed by atoms with Gasteiger partial charge in [0.25, 0.3) is 5.91 Å². The van der Waals surface area contributed by atoms with Gasteiger partial charge in [-0.1, -0.05) is 6.07 Å². The number of nitrogens with one attached hydrogen (secondary N) is 1. The molecule has 2 aromatic rings. The van der Waals surface area contributed by atoms with Crippen LogP contribution in [0.15, 0.2) is 36.5 Å². The molecule has 0 spiro atoms. The number of rotatable bonds is 6. The molecule has 134 valence electrons. The lowest BCUT2D eigenvalue weighted by Gasteiger charge is -2.17. The summed E-state index contributed by atoms with van der Waals surface area (Å²) in [6.45, 7) is -1.37. The molecule has 2 rings (SSSR count). The number of carbonyl (C=O) groups excluding carboxylic acids is 1. The van der Waals surface area contributed by atoms with Gasteiger partial charge >= 0.3 is 0 Å². The Morgan fingerprint density at radius 1 is 1.20 bits per heavy atom. The van der Waals surface area contributed by atoms with Crippen LogP contribution in [0.3, 0.4) is 0 Å². The molecule has 1 unspecified atom stereocenters. The van der Waals surface area contributed by atoms with Crippen LogP contribution in [0.2, 0.25) is 0 Å². The summed E-state index contributed by atoms with van der Waals surface area (Å²) in [5.74, 6) is -3.11. The highest BCUT2D eigenvalue weighted by Gasteiger charge is 2.31. The second kappa shape index (κ2) is 7.64. The molecule has 1 heterocycles. The molecule has 1 atom stereocenters. The van der Waals surface area contributed by atoms with Crippen molar-refractivity contribution in [1.82, 2.24) is 9.71 Å². The van der Waals surface area contributed by atoms with Crippen molar-refractivity contribution in [2.75, 3.05) is 6.61 Å². The Kier molecular flexibility index (Phi) is 5.77. The highest BCUT2D eigenvalue weighted by Crippen LogP contribution is 2.24. The van der Waals surface area contributed by atoms with Gasteiger partial charge in [-0.25, -0.2) is 21.9 Å². The molecule has 7 nitrogen and oxygen atoms in total. The molecule has 1 aromatic heterocycles. The number of nitrogens with zero attached hydrogens (tertiary/aromatic N) is 1. The predicted molar refractivity (Wildman–Crippen MR) is 82.7 cm³/mol. The number of amides is 1. The van der Waals surface area contributed by atoms with E-state index in [1.165, 1.54) is 12.1 Å². The zero-order valence-corrected chi connectivity index (χ0v) is 13.5. The number of hydrogen-bond acceptors (Lipinski definition) is 6. The van der Waals surface area contributed by atoms with Gasteiger partial charge in [-0.2, -0.15) is 0 Å². The molecule has 3 N–H and O–H groups in total. The summed E-state index contributed by atoms with van der Waals surface area (Å²) < 4.78 is 53.1. The summed E-state index contributed by atoms with van der Waals surface area (Å²) >= 11 is 0. The van der Waals surface area contributed by atoms with E-state index in [0.717, 1.165) is 18.3 Å². The number of aromatic nitrogens is 1. The normalized spacial score (nSPS) is 12.6. The quantitative estimate of drug-likeness (QED) is 0.685. The average Bonchev–Trinajstić information content (AvgIpc) is 2.57. The summed E-state index contributed by atoms with van der Waals surface area (Å²) in [4.78, 5) is 15.8. The van der Waals surface area contributed by atoms with Crippen molar-refractivity contribution in [3.8, 4) is 0 Å². The Morgan fingerprint density at radius 2 is 1.92 bits per heavy atom. The summed E-state index contributed by atoms with van der Waals surface area (Å²) in [6.07, 6.45) is 1.06. The van der Waals surface area contributed by atoms with Crippen LogP contribution < -0.4 is 4.72 Å². The zero-order valence-electron chi connectivity index (χ0n) is 12.7. The van der Waals surface area contributed by atoms with Crippen molar-refractivity contribution >= 4 is 15.9 Å². The first-order valence-electron chi connectivity index (χ1n) is 6.96. The van der Waals surface area contributed by atoms with Crippen LogP contribution in [0.25, 0.3) is 0 Å². The van der Waals surface area contributed by atoms with Crippen LogP contribution in [0, 0.1) is 11.6 Å². The topological polar surface area (TPSA) is 117 Å². The fourth-order valence-corrected chi connectivity index (χ4v) is 3.28. The van der Waals surface area contributed by atoms with Crippen molar-refractivity contribution in [1.29, 1.82) is 0 Å². The number of carbonyl (C=O) groups is 1. The van der Waals surface area contributed by atoms with Gasteiger partial charge < -0.3 is 10.2 Å². The third kappa shape index (κ3) is 4.35. The average molecular weight is 372 g/mol. The van der Waals surface area contributed by atoms with Crippen LogP contribution in [-0.4, -0.2) is 36.1 Å². The molecule has 1 amide bonds. The van der Waals surface area contributed by atoms with Crippen molar-refractivity contribution < 1.29 is 32.2 Å². The molecule has 0 aliphatic heterocycles. The van der Waals surface area contributed by atoms with E-state index in [0.29, 0.717) is 6.07 Å². The van der Waals surface area contributed by atoms with Crippen molar-refractivity contribution in [2.24, 2.45) is 0 Å². The first kappa shape index (κ1) is 18.9. The second-order valence-corrected chi connectivity index (χ2v) is 6.87. The Bertz CT molecular complexity index is 872. The molecule has 0 radical (unpaired) electrons. The molecule has 1 aromatic carbocycles. The van der Waals surface area contributed by atoms with Crippen molar-refractivity contribution in [3.63, 3.8) is 0 Å². The molecule has 10 heteroatoms. The molecule has 0 aliphatic carbocycles. The van der Waals surface area contributed by atoms with Gasteiger partial charge in [0.2, 0.25) is 10.0 Å². The lowest BCUT2D eigenvalue weighted by atomic mass is 10.1. The lowest BCUT2D eigenvalue weighted by molar-refractivity contribution is 0.0980. The molecule has 0 fully saturated rings. The third-order valence-corrected chi connectivity index (χ3v) is 4.96. The first-order chi connectivity index (χ1) is 11.8. The van der Waals surface area contributed by atoms with Crippen molar-refractivity contribution in [2.45, 2.75) is 11.9 Å². The monoisotopic (exact) mass is 372 g/mol. The van der Waals surface area contributed by atoms with E-state index in [-0.39, 0.29) is 17.9 Å². The minimum Gasteiger partial charge on any atom is -0.395 e. The van der Waals surface area contributed by atoms with E-state index in [2.05, 4.69) is 4.98 Å². The molecular formula is C15H14F2N2O5S. The number of sulfonamides is 1. The highest BCUT2D eigenvalue weighted by molar-refractivity contribution is 7.90. The van der Waals surface area contributed by atoms with E-state index < -0.39 is 45.0 Å². The highest BCUT2D eigenvalue weighted by atomic mass is 32.2. The van der Waals surface area contributed by atoms with Crippen LogP contribution in [0.5, 0.6) is 0 Å². The number of halogens is 2. The van der Waals surface area contributed by atoms with E-state index in [1.54, 1.807) is 4.72 Å². The molecule has 25 heavy (non-hydrogen) atoms. The molecule has 0 aliphatic rings. The zero-order chi connectivity index (χ0) is 18.6. The van der Waals surface area contributed by atoms with E-state index in [4.69, 9.17) is 5.11 Å². The minimum atomic E-state index is -4.51. The largest absolute Gasteiger partial charge is 0.395 e. The number of pyridine rings is 1. The fraction of sp³-hybridized carbons (Fsp3) is 0.200. The SMILES string of the molecule is O=C(NS(=O)(=O)C(CO)c1ccc(F)cc1F)c1ccc(CO)nc1. The van der Waals surface area contributed by atoms with E-state index in [1.807, 2.05) is 0 Å². The van der Waals surface area contributed by atoms with Gasteiger partial charge in [0.05, 0.1) is 24.5 Å². The minimum absolute atomic E-state index is 0.114. The summed E-state index contributed by atoms with van der Waals surface area (Å²) in [5.41, 5.74) is -0.309. The maximum absolute atomic E-state index is 13.8. The third-order valence-electron chi connectivity index (χ3n) is 3.33. The lowest BCUT2D eigenvalue weighted by Crippen LogP contribution is -2.36. The molecule has 0 bridgehead atoms. The number of benzene rings is 1. The number of aliphatic hydroxyl groups is 2. The smallest absolute Gasteiger partial charge is 0.266 e. The Hall–Kier alpha value is -2.43. The Labute approximate surface area is 142 Å². The van der Waals surface area contributed by atoms with Gasteiger partial charge in [0, 0.05) is 17.8 Å². The van der Waals surface area contributed by atoms with Gasteiger partial charge in [-0.05, 0) is 18.2 Å². The maximum Gasteiger partial charge on any atom is 0.266 e. The summed E-state index contributed by atoms with van der Waals surface area (Å²) in [5, 5.41) is 16.4. The fourth-order valence-electron chi connectivity index (χ4n) is 2.04. The predicted octanol–water partition coefficient (Wildman–Crippen LogP) is 0.645. The van der Waals surface area contributed by atoms with Gasteiger partial charge in [-0.3, -0.25) is 9.78 Å². The van der Waals surface area contributed by atoms with Gasteiger partial charge in [0.1, 0.15) is 16.9 Å². The standard InChI is InChI=1S/C15H14F2N2O5S/c16-10-2-4-12(13(17)5-10)14(8-21)25(23,24)19-15(22)9-1-3-11(7-20)18-6-9/h1-6,14,20-21H,7-8H2,(H,19,22). The first-order valence-corrected chi connectivity index (χ1v) is 8.50. The van der Waals surface area contributed by atoms with Crippen LogP contribution in [-0.2, 0) is 16.6 Å². The molecule has 0 saturated heterocycles. The summed E-state index contributed by atoms with van der Waals surface area (Å²) in [6, 6.07) is 4.77. The van der Waals surface area contributed by atoms with Gasteiger partial charge in [0.15, 0.2) is 0 Å². The van der Waals surface area contributed by atoms with Gasteiger partial charge in [-0.15, -0.1) is 0 Å². The number of aliphatic hydroxyl groups excluding tert-OH is 2. The summed E-state index contributed by atoms with van der Waals surface area (Å²) in [7, 11) is -4.51. The Balaban J connectivity index is 2.27. The van der Waals surface area contributed by atoms with Crippen molar-refractivity contribution in [3.05, 3.63) is 65.0 Å². The van der Waals surface area contributed by atoms with E-state index in [9.17, 15) is 27.1 Å². The number of hydrogen-bond donors (Lipinski definition) is 3. The van der Waals surface area contributed by atoms with Crippen LogP contribution in [0.1, 0.15) is 26.9 Å².